The maximum absolute atomic E-state index is 13.0. The molecule has 0 aliphatic carbocycles. The molecule has 0 saturated carbocycles. The average molecular weight is 601 g/mol. The van der Waals surface area contributed by atoms with Gasteiger partial charge in [-0.15, -0.1) is 0 Å². The van der Waals surface area contributed by atoms with Gasteiger partial charge >= 0.3 is 0 Å². The summed E-state index contributed by atoms with van der Waals surface area (Å²) in [4.78, 5) is 47.8. The molecule has 0 bridgehead atoms. The van der Waals surface area contributed by atoms with Gasteiger partial charge in [-0.3, -0.25) is 19.7 Å². The van der Waals surface area contributed by atoms with E-state index in [0.717, 1.165) is 72.8 Å². The van der Waals surface area contributed by atoms with Crippen LogP contribution in [0, 0.1) is 5.92 Å². The zero-order valence-electron chi connectivity index (χ0n) is 24.6. The molecule has 2 N–H and O–H groups in total. The van der Waals surface area contributed by atoms with Crippen LogP contribution in [0.5, 0.6) is 0 Å². The van der Waals surface area contributed by atoms with E-state index in [0.29, 0.717) is 29.5 Å². The van der Waals surface area contributed by atoms with Crippen LogP contribution in [-0.2, 0) is 22.7 Å². The Kier molecular flexibility index (Phi) is 8.36. The van der Waals surface area contributed by atoms with E-state index >= 15 is 0 Å². The first kappa shape index (κ1) is 29.1. The van der Waals surface area contributed by atoms with Gasteiger partial charge in [0.2, 0.25) is 11.8 Å². The number of benzene rings is 2. The van der Waals surface area contributed by atoms with Gasteiger partial charge in [0.05, 0.1) is 5.69 Å². The molecule has 10 heteroatoms. The van der Waals surface area contributed by atoms with Crippen LogP contribution in [0.2, 0.25) is 5.02 Å². The summed E-state index contributed by atoms with van der Waals surface area (Å²) in [6.07, 6.45) is 4.73. The zero-order valence-corrected chi connectivity index (χ0v) is 25.4. The van der Waals surface area contributed by atoms with Gasteiger partial charge in [-0.25, -0.2) is 4.98 Å². The van der Waals surface area contributed by atoms with Crippen LogP contribution in [0.4, 0.5) is 11.5 Å². The number of halogens is 1. The Morgan fingerprint density at radius 1 is 1.02 bits per heavy atom. The van der Waals surface area contributed by atoms with Crippen LogP contribution in [0.25, 0.3) is 11.1 Å². The van der Waals surface area contributed by atoms with Gasteiger partial charge in [0, 0.05) is 69.0 Å². The number of pyridine rings is 1. The topological polar surface area (TPSA) is 97.9 Å². The molecule has 4 heterocycles. The van der Waals surface area contributed by atoms with E-state index in [-0.39, 0.29) is 24.1 Å². The van der Waals surface area contributed by atoms with Crippen molar-refractivity contribution in [2.75, 3.05) is 43.5 Å². The molecule has 1 aromatic heterocycles. The van der Waals surface area contributed by atoms with Crippen molar-refractivity contribution >= 4 is 40.8 Å². The van der Waals surface area contributed by atoms with Gasteiger partial charge in [-0.05, 0) is 72.7 Å². The summed E-state index contributed by atoms with van der Waals surface area (Å²) in [6, 6.07) is 15.4. The summed E-state index contributed by atoms with van der Waals surface area (Å²) in [5.74, 6) is 0.795. The highest BCUT2D eigenvalue weighted by molar-refractivity contribution is 6.30. The molecule has 2 aromatic carbocycles. The Bertz CT molecular complexity index is 1550. The third-order valence-corrected chi connectivity index (χ3v) is 8.99. The van der Waals surface area contributed by atoms with Crippen LogP contribution in [0.1, 0.15) is 47.2 Å². The van der Waals surface area contributed by atoms with Gasteiger partial charge in [0.15, 0.2) is 5.82 Å². The van der Waals surface area contributed by atoms with Gasteiger partial charge in [-0.1, -0.05) is 35.9 Å². The first-order valence-electron chi connectivity index (χ1n) is 14.9. The molecule has 6 rings (SSSR count). The van der Waals surface area contributed by atoms with Crippen LogP contribution < -0.4 is 20.4 Å². The number of imide groups is 1. The molecule has 1 atom stereocenters. The Hall–Kier alpha value is -3.95. The highest BCUT2D eigenvalue weighted by atomic mass is 35.5. The summed E-state index contributed by atoms with van der Waals surface area (Å²) in [7, 11) is 4.11. The normalized spacial score (nSPS) is 19.0. The molecule has 3 aliphatic heterocycles. The number of hydrogen-bond donors (Lipinski definition) is 2. The molecule has 0 radical (unpaired) electrons. The molecular weight excluding hydrogens is 564 g/mol. The van der Waals surface area contributed by atoms with E-state index in [4.69, 9.17) is 16.6 Å². The van der Waals surface area contributed by atoms with Crippen molar-refractivity contribution < 1.29 is 14.4 Å². The summed E-state index contributed by atoms with van der Waals surface area (Å²) in [6.45, 7) is 3.95. The molecule has 2 fully saturated rings. The third-order valence-electron chi connectivity index (χ3n) is 8.75. The smallest absolute Gasteiger partial charge is 0.255 e. The second-order valence-electron chi connectivity index (χ2n) is 11.9. The number of carbonyl (C=O) groups excluding carboxylic acids is 3. The van der Waals surface area contributed by atoms with Crippen LogP contribution in [-0.4, -0.2) is 67.4 Å². The summed E-state index contributed by atoms with van der Waals surface area (Å²) >= 11 is 6.22. The summed E-state index contributed by atoms with van der Waals surface area (Å²) in [5.41, 5.74) is 5.91. The summed E-state index contributed by atoms with van der Waals surface area (Å²) < 4.78 is 0. The van der Waals surface area contributed by atoms with E-state index in [1.165, 1.54) is 0 Å². The number of carbonyl (C=O) groups is 3. The van der Waals surface area contributed by atoms with Crippen molar-refractivity contribution in [1.82, 2.24) is 20.5 Å². The van der Waals surface area contributed by atoms with Crippen molar-refractivity contribution in [3.8, 4) is 11.1 Å². The maximum Gasteiger partial charge on any atom is 0.255 e. The predicted molar refractivity (Wildman–Crippen MR) is 168 cm³/mol. The van der Waals surface area contributed by atoms with E-state index in [1.807, 2.05) is 36.5 Å². The van der Waals surface area contributed by atoms with E-state index in [9.17, 15) is 14.4 Å². The van der Waals surface area contributed by atoms with Crippen LogP contribution >= 0.6 is 11.6 Å². The molecule has 9 nitrogen and oxygen atoms in total. The van der Waals surface area contributed by atoms with Gasteiger partial charge in [0.25, 0.3) is 5.91 Å². The molecule has 0 spiro atoms. The van der Waals surface area contributed by atoms with Crippen LogP contribution in [0.3, 0.4) is 0 Å². The number of rotatable bonds is 8. The Balaban J connectivity index is 1.02. The number of nitrogens with zero attached hydrogens (tertiary/aromatic N) is 4. The number of piperidine rings is 2. The highest BCUT2D eigenvalue weighted by Crippen LogP contribution is 2.34. The minimum atomic E-state index is -0.588. The minimum absolute atomic E-state index is 0.137. The van der Waals surface area contributed by atoms with Crippen LogP contribution in [0.15, 0.2) is 54.7 Å². The molecule has 43 heavy (non-hydrogen) atoms. The predicted octanol–water partition coefficient (Wildman–Crippen LogP) is 4.24. The maximum atomic E-state index is 13.0. The fraction of sp³-hybridized carbons (Fsp3) is 0.394. The number of aromatic nitrogens is 1. The van der Waals surface area contributed by atoms with Crippen molar-refractivity contribution in [3.05, 3.63) is 76.4 Å². The Morgan fingerprint density at radius 3 is 2.58 bits per heavy atom. The Morgan fingerprint density at radius 2 is 1.84 bits per heavy atom. The molecule has 224 valence electrons. The third kappa shape index (κ3) is 6.24. The molecule has 3 amide bonds. The summed E-state index contributed by atoms with van der Waals surface area (Å²) in [5, 5.41) is 6.69. The monoisotopic (exact) mass is 600 g/mol. The fourth-order valence-electron chi connectivity index (χ4n) is 6.35. The molecule has 3 aromatic rings. The number of hydrogen-bond acceptors (Lipinski definition) is 7. The Labute approximate surface area is 257 Å². The zero-order chi connectivity index (χ0) is 30.1. The van der Waals surface area contributed by atoms with Crippen molar-refractivity contribution in [1.29, 1.82) is 0 Å². The largest absolute Gasteiger partial charge is 0.375 e. The number of amides is 3. The lowest BCUT2D eigenvalue weighted by Crippen LogP contribution is -2.52. The van der Waals surface area contributed by atoms with Gasteiger partial charge in [0.1, 0.15) is 6.04 Å². The minimum Gasteiger partial charge on any atom is -0.375 e. The highest BCUT2D eigenvalue weighted by Gasteiger charge is 2.39. The molecule has 2 saturated heterocycles. The molecule has 3 aliphatic rings. The first-order chi connectivity index (χ1) is 20.8. The van der Waals surface area contributed by atoms with E-state index < -0.39 is 6.04 Å². The lowest BCUT2D eigenvalue weighted by Gasteiger charge is -2.35. The second-order valence-corrected chi connectivity index (χ2v) is 12.4. The standard InChI is InChI=1S/C33H37ClN6O3/c1-38(2)29-16-24(23-4-3-5-26(34)15-23)19-36-31(29)39-12-10-21(11-13-39)17-35-18-22-6-7-27-25(14-22)20-40(33(27)43)28-8-9-30(41)37-32(28)42/h3-7,14-16,19,21,28,35H,8-13,17-18,20H2,1-2H3,(H,37,41,42). The van der Waals surface area contributed by atoms with E-state index in [2.05, 4.69) is 52.7 Å². The average Bonchev–Trinajstić information content (AvgIpc) is 3.32. The second kappa shape index (κ2) is 12.3. The first-order valence-corrected chi connectivity index (χ1v) is 15.3. The van der Waals surface area contributed by atoms with Crippen molar-refractivity contribution in [2.45, 2.75) is 44.8 Å². The van der Waals surface area contributed by atoms with Gasteiger partial charge in [-0.2, -0.15) is 0 Å². The van der Waals surface area contributed by atoms with Crippen molar-refractivity contribution in [3.63, 3.8) is 0 Å². The SMILES string of the molecule is CN(C)c1cc(-c2cccc(Cl)c2)cnc1N1CCC(CNCc2ccc3c(c2)CN(C2CCC(=O)NC2=O)C3=O)CC1. The quantitative estimate of drug-likeness (QED) is 0.373. The van der Waals surface area contributed by atoms with Crippen molar-refractivity contribution in [2.24, 2.45) is 5.92 Å². The number of nitrogens with one attached hydrogen (secondary N) is 2. The number of fused-ring (bicyclic) bond motifs is 1. The lowest BCUT2D eigenvalue weighted by atomic mass is 9.96. The molecular formula is C33H37ClN6O3. The lowest BCUT2D eigenvalue weighted by molar-refractivity contribution is -0.136. The molecule has 1 unspecified atom stereocenters. The van der Waals surface area contributed by atoms with Gasteiger partial charge < -0.3 is 20.0 Å². The number of anilines is 2. The fourth-order valence-corrected chi connectivity index (χ4v) is 6.54. The van der Waals surface area contributed by atoms with E-state index in [1.54, 1.807) is 4.90 Å².